The Hall–Kier alpha value is -3.25. The molecule has 3 aromatic rings. The second-order valence-corrected chi connectivity index (χ2v) is 8.77. The summed E-state index contributed by atoms with van der Waals surface area (Å²) in [6, 6.07) is 25.5. The number of amides is 1. The van der Waals surface area contributed by atoms with Gasteiger partial charge in [-0.05, 0) is 17.7 Å². The first kappa shape index (κ1) is 19.1. The number of benzene rings is 3. The summed E-state index contributed by atoms with van der Waals surface area (Å²) in [5, 5.41) is 0. The van der Waals surface area contributed by atoms with Crippen LogP contribution >= 0.6 is 0 Å². The summed E-state index contributed by atoms with van der Waals surface area (Å²) in [5.41, 5.74) is 1.16. The zero-order valence-electron chi connectivity index (χ0n) is 15.5. The molecule has 2 atom stereocenters. The van der Waals surface area contributed by atoms with Crippen molar-refractivity contribution in [2.45, 2.75) is 10.8 Å². The van der Waals surface area contributed by atoms with Crippen LogP contribution in [0.25, 0.3) is 0 Å². The van der Waals surface area contributed by atoms with Crippen molar-refractivity contribution >= 4 is 21.7 Å². The number of carbonyl (C=O) groups excluding carboxylic acids is 2. The molecule has 6 heteroatoms. The summed E-state index contributed by atoms with van der Waals surface area (Å²) in [4.78, 5) is 26.5. The quantitative estimate of drug-likeness (QED) is 0.481. The van der Waals surface area contributed by atoms with Gasteiger partial charge in [0.15, 0.2) is 5.78 Å². The Balaban J connectivity index is 1.78. The van der Waals surface area contributed by atoms with E-state index >= 15 is 0 Å². The van der Waals surface area contributed by atoms with Gasteiger partial charge in [0.1, 0.15) is 5.92 Å². The molecule has 0 unspecified atom stereocenters. The first-order chi connectivity index (χ1) is 14.0. The molecule has 0 bridgehead atoms. The molecule has 146 valence electrons. The molecule has 0 radical (unpaired) electrons. The van der Waals surface area contributed by atoms with E-state index in [0.29, 0.717) is 5.56 Å². The third-order valence-corrected chi connectivity index (χ3v) is 6.95. The molecule has 3 aromatic carbocycles. The molecule has 1 aliphatic heterocycles. The molecule has 4 rings (SSSR count). The third-order valence-electron chi connectivity index (χ3n) is 5.18. The maximum absolute atomic E-state index is 13.2. The van der Waals surface area contributed by atoms with Crippen LogP contribution in [0.2, 0.25) is 0 Å². The van der Waals surface area contributed by atoms with E-state index in [0.717, 1.165) is 9.87 Å². The molecule has 0 N–H and O–H groups in total. The van der Waals surface area contributed by atoms with E-state index in [9.17, 15) is 18.0 Å². The number of hydrogen-bond donors (Lipinski definition) is 0. The molecule has 1 saturated heterocycles. The van der Waals surface area contributed by atoms with Crippen LogP contribution in [-0.4, -0.2) is 31.0 Å². The van der Waals surface area contributed by atoms with Gasteiger partial charge in [-0.25, -0.2) is 12.7 Å². The van der Waals surface area contributed by atoms with Gasteiger partial charge in [0.25, 0.3) is 10.0 Å². The average Bonchev–Trinajstić information content (AvgIpc) is 3.13. The fraction of sp³-hybridized carbons (Fsp3) is 0.130. The Morgan fingerprint density at radius 1 is 0.793 bits per heavy atom. The highest BCUT2D eigenvalue weighted by molar-refractivity contribution is 7.89. The predicted octanol–water partition coefficient (Wildman–Crippen LogP) is 3.50. The summed E-state index contributed by atoms with van der Waals surface area (Å²) in [5.74, 6) is -2.68. The van der Waals surface area contributed by atoms with Crippen LogP contribution in [0.4, 0.5) is 0 Å². The van der Waals surface area contributed by atoms with E-state index in [2.05, 4.69) is 0 Å². The van der Waals surface area contributed by atoms with Crippen LogP contribution in [-0.2, 0) is 14.8 Å². The van der Waals surface area contributed by atoms with E-state index < -0.39 is 27.8 Å². The topological polar surface area (TPSA) is 71.5 Å². The lowest BCUT2D eigenvalue weighted by Crippen LogP contribution is -2.35. The van der Waals surface area contributed by atoms with Crippen molar-refractivity contribution in [2.75, 3.05) is 6.54 Å². The van der Waals surface area contributed by atoms with Crippen molar-refractivity contribution < 1.29 is 18.0 Å². The number of carbonyl (C=O) groups is 2. The van der Waals surface area contributed by atoms with E-state index in [4.69, 9.17) is 0 Å². The molecule has 1 amide bonds. The van der Waals surface area contributed by atoms with Crippen molar-refractivity contribution in [3.63, 3.8) is 0 Å². The standard InChI is InChI=1S/C23H19NO4S/c25-22(18-12-6-2-7-13-18)21-20(17-10-4-1-5-11-17)16-24(23(21)26)29(27,28)19-14-8-3-9-15-19/h1-15,20-21H,16H2/t20-,21+/m0/s1. The highest BCUT2D eigenvalue weighted by atomic mass is 32.2. The van der Waals surface area contributed by atoms with Crippen LogP contribution in [0, 0.1) is 5.92 Å². The average molecular weight is 405 g/mol. The zero-order valence-corrected chi connectivity index (χ0v) is 16.3. The number of nitrogens with zero attached hydrogens (tertiary/aromatic N) is 1. The highest BCUT2D eigenvalue weighted by Crippen LogP contribution is 2.38. The first-order valence-electron chi connectivity index (χ1n) is 9.26. The van der Waals surface area contributed by atoms with Gasteiger partial charge < -0.3 is 0 Å². The van der Waals surface area contributed by atoms with Gasteiger partial charge in [0.2, 0.25) is 5.91 Å². The van der Waals surface area contributed by atoms with E-state index in [1.54, 1.807) is 48.5 Å². The van der Waals surface area contributed by atoms with Gasteiger partial charge in [0.05, 0.1) is 4.90 Å². The van der Waals surface area contributed by atoms with Crippen LogP contribution in [0.1, 0.15) is 21.8 Å². The molecule has 0 saturated carbocycles. The number of rotatable bonds is 5. The maximum Gasteiger partial charge on any atom is 0.266 e. The molecule has 29 heavy (non-hydrogen) atoms. The van der Waals surface area contributed by atoms with Crippen LogP contribution in [0.5, 0.6) is 0 Å². The van der Waals surface area contributed by atoms with Crippen LogP contribution in [0.15, 0.2) is 95.9 Å². The van der Waals surface area contributed by atoms with Gasteiger partial charge in [0, 0.05) is 18.0 Å². The summed E-state index contributed by atoms with van der Waals surface area (Å²) < 4.78 is 27.1. The second-order valence-electron chi connectivity index (χ2n) is 6.91. The molecule has 0 aliphatic carbocycles. The second kappa shape index (κ2) is 7.64. The summed E-state index contributed by atoms with van der Waals surface area (Å²) >= 11 is 0. The monoisotopic (exact) mass is 405 g/mol. The summed E-state index contributed by atoms with van der Waals surface area (Å²) in [7, 11) is -4.05. The maximum atomic E-state index is 13.2. The fourth-order valence-electron chi connectivity index (χ4n) is 3.71. The smallest absolute Gasteiger partial charge is 0.266 e. The number of ketones is 1. The minimum Gasteiger partial charge on any atom is -0.293 e. The van der Waals surface area contributed by atoms with E-state index in [1.807, 2.05) is 30.3 Å². The minimum absolute atomic E-state index is 0.0352. The van der Waals surface area contributed by atoms with Crippen molar-refractivity contribution in [3.8, 4) is 0 Å². The van der Waals surface area contributed by atoms with Gasteiger partial charge in [-0.2, -0.15) is 0 Å². The van der Waals surface area contributed by atoms with Gasteiger partial charge in [-0.15, -0.1) is 0 Å². The van der Waals surface area contributed by atoms with Crippen molar-refractivity contribution in [1.82, 2.24) is 4.31 Å². The lowest BCUT2D eigenvalue weighted by atomic mass is 9.83. The first-order valence-corrected chi connectivity index (χ1v) is 10.7. The van der Waals surface area contributed by atoms with Crippen molar-refractivity contribution in [2.24, 2.45) is 5.92 Å². The number of hydrogen-bond acceptors (Lipinski definition) is 4. The van der Waals surface area contributed by atoms with Crippen LogP contribution < -0.4 is 0 Å². The zero-order chi connectivity index (χ0) is 20.4. The van der Waals surface area contributed by atoms with Gasteiger partial charge in [-0.3, -0.25) is 9.59 Å². The SMILES string of the molecule is O=C(c1ccccc1)[C@@H]1C(=O)N(S(=O)(=O)c2ccccc2)C[C@H]1c1ccccc1. The number of sulfonamides is 1. The Bertz CT molecular complexity index is 1130. The molecule has 1 heterocycles. The Kier molecular flexibility index (Phi) is 5.03. The number of Topliss-reactive ketones (excluding diaryl/α,β-unsaturated/α-hetero) is 1. The summed E-state index contributed by atoms with van der Waals surface area (Å²) in [6.07, 6.45) is 0. The highest BCUT2D eigenvalue weighted by Gasteiger charge is 2.50. The van der Waals surface area contributed by atoms with E-state index in [-0.39, 0.29) is 17.2 Å². The molecular formula is C23H19NO4S. The molecule has 1 aliphatic rings. The predicted molar refractivity (Wildman–Crippen MR) is 109 cm³/mol. The molecule has 5 nitrogen and oxygen atoms in total. The Morgan fingerprint density at radius 3 is 1.90 bits per heavy atom. The Morgan fingerprint density at radius 2 is 1.31 bits per heavy atom. The lowest BCUT2D eigenvalue weighted by Gasteiger charge is -2.17. The van der Waals surface area contributed by atoms with Crippen molar-refractivity contribution in [1.29, 1.82) is 0 Å². The van der Waals surface area contributed by atoms with Crippen molar-refractivity contribution in [3.05, 3.63) is 102 Å². The van der Waals surface area contributed by atoms with Gasteiger partial charge in [-0.1, -0.05) is 78.9 Å². The van der Waals surface area contributed by atoms with E-state index in [1.165, 1.54) is 12.1 Å². The third kappa shape index (κ3) is 3.47. The summed E-state index contributed by atoms with van der Waals surface area (Å²) in [6.45, 7) is -0.0662. The van der Waals surface area contributed by atoms with Gasteiger partial charge >= 0.3 is 0 Å². The molecule has 0 spiro atoms. The van der Waals surface area contributed by atoms with Crippen LogP contribution in [0.3, 0.4) is 0 Å². The molecule has 0 aromatic heterocycles. The normalized spacial score (nSPS) is 19.3. The minimum atomic E-state index is -4.05. The molecular weight excluding hydrogens is 386 g/mol. The molecule has 1 fully saturated rings. The largest absolute Gasteiger partial charge is 0.293 e. The fourth-order valence-corrected chi connectivity index (χ4v) is 5.18. The lowest BCUT2D eigenvalue weighted by molar-refractivity contribution is -0.125. The Labute approximate surface area is 169 Å².